The van der Waals surface area contributed by atoms with Gasteiger partial charge in [-0.05, 0) is 25.7 Å². The number of hydrogen-bond acceptors (Lipinski definition) is 5. The molecule has 0 fully saturated rings. The minimum atomic E-state index is -0.669. The van der Waals surface area contributed by atoms with Crippen LogP contribution >= 0.6 is 0 Å². The first-order valence-corrected chi connectivity index (χ1v) is 25.8. The summed E-state index contributed by atoms with van der Waals surface area (Å²) in [7, 11) is 0. The summed E-state index contributed by atoms with van der Waals surface area (Å²) < 4.78 is 5.45. The molecule has 0 aromatic heterocycles. The topological polar surface area (TPSA) is 95.9 Å². The lowest BCUT2D eigenvalue weighted by molar-refractivity contribution is -0.143. The maximum absolute atomic E-state index is 12.4. The fraction of sp³-hybridized carbons (Fsp3) is 0.961. The molecule has 0 spiro atoms. The van der Waals surface area contributed by atoms with Crippen molar-refractivity contribution in [2.45, 2.75) is 302 Å². The van der Waals surface area contributed by atoms with Gasteiger partial charge < -0.3 is 20.3 Å². The van der Waals surface area contributed by atoms with E-state index in [2.05, 4.69) is 19.2 Å². The first kappa shape index (κ1) is 55.9. The zero-order valence-corrected chi connectivity index (χ0v) is 38.6. The van der Waals surface area contributed by atoms with Gasteiger partial charge in [0, 0.05) is 12.8 Å². The van der Waals surface area contributed by atoms with Crippen molar-refractivity contribution in [1.29, 1.82) is 0 Å². The minimum Gasteiger partial charge on any atom is -0.466 e. The lowest BCUT2D eigenvalue weighted by Crippen LogP contribution is -2.45. The summed E-state index contributed by atoms with van der Waals surface area (Å²) in [6.45, 7) is 4.94. The molecule has 0 radical (unpaired) electrons. The van der Waals surface area contributed by atoms with E-state index < -0.39 is 12.1 Å². The van der Waals surface area contributed by atoms with E-state index in [1.54, 1.807) is 0 Å². The third-order valence-corrected chi connectivity index (χ3v) is 12.2. The zero-order valence-electron chi connectivity index (χ0n) is 38.6. The summed E-state index contributed by atoms with van der Waals surface area (Å²) in [5, 5.41) is 23.2. The Morgan fingerprint density at radius 2 is 0.719 bits per heavy atom. The van der Waals surface area contributed by atoms with E-state index in [-0.39, 0.29) is 18.5 Å². The zero-order chi connectivity index (χ0) is 41.5. The van der Waals surface area contributed by atoms with Crippen molar-refractivity contribution in [2.24, 2.45) is 0 Å². The summed E-state index contributed by atoms with van der Waals surface area (Å²) in [4.78, 5) is 24.4. The molecule has 0 rings (SSSR count). The molecule has 3 N–H and O–H groups in total. The minimum absolute atomic E-state index is 0.00189. The highest BCUT2D eigenvalue weighted by molar-refractivity contribution is 5.76. The Morgan fingerprint density at radius 1 is 0.421 bits per heavy atom. The van der Waals surface area contributed by atoms with Crippen molar-refractivity contribution in [3.05, 3.63) is 0 Å². The van der Waals surface area contributed by atoms with Crippen LogP contribution in [0.2, 0.25) is 0 Å². The highest BCUT2D eigenvalue weighted by atomic mass is 16.5. The van der Waals surface area contributed by atoms with Gasteiger partial charge in [0.05, 0.1) is 25.4 Å². The molecule has 1 amide bonds. The SMILES string of the molecule is CCCCCCCCCCCCCCCCCC(O)C(CO)NC(=O)CCCCCCCCCCCCCCCCOC(=O)CCCCCCCCCCCCC. The Balaban J connectivity index is 3.44. The summed E-state index contributed by atoms with van der Waals surface area (Å²) in [5.74, 6) is -0.0454. The molecular weight excluding hydrogens is 707 g/mol. The summed E-state index contributed by atoms with van der Waals surface area (Å²) in [5.41, 5.74) is 0. The van der Waals surface area contributed by atoms with Crippen LogP contribution in [0, 0.1) is 0 Å². The molecule has 0 aliphatic rings. The molecule has 0 bridgehead atoms. The smallest absolute Gasteiger partial charge is 0.305 e. The van der Waals surface area contributed by atoms with Gasteiger partial charge in [0.1, 0.15) is 0 Å². The molecule has 57 heavy (non-hydrogen) atoms. The van der Waals surface area contributed by atoms with E-state index in [1.165, 1.54) is 205 Å². The number of rotatable bonds is 48. The van der Waals surface area contributed by atoms with Crippen LogP contribution in [0.1, 0.15) is 290 Å². The Kier molecular flexibility index (Phi) is 46.6. The van der Waals surface area contributed by atoms with Crippen LogP contribution in [0.5, 0.6) is 0 Å². The summed E-state index contributed by atoms with van der Waals surface area (Å²) in [6, 6.07) is -0.547. The molecule has 6 heteroatoms. The number of esters is 1. The van der Waals surface area contributed by atoms with Crippen LogP contribution in [0.3, 0.4) is 0 Å². The third-order valence-electron chi connectivity index (χ3n) is 12.2. The van der Waals surface area contributed by atoms with Gasteiger partial charge >= 0.3 is 5.97 Å². The first-order chi connectivity index (χ1) is 28.0. The molecule has 0 saturated carbocycles. The van der Waals surface area contributed by atoms with Crippen molar-refractivity contribution in [1.82, 2.24) is 5.32 Å². The number of amides is 1. The number of ether oxygens (including phenoxy) is 1. The molecule has 0 aromatic carbocycles. The van der Waals surface area contributed by atoms with E-state index in [4.69, 9.17) is 4.74 Å². The summed E-state index contributed by atoms with van der Waals surface area (Å²) in [6.07, 6.45) is 52.1. The Labute approximate surface area is 356 Å². The number of aliphatic hydroxyl groups excluding tert-OH is 2. The Hall–Kier alpha value is -1.14. The van der Waals surface area contributed by atoms with Crippen LogP contribution in [-0.2, 0) is 14.3 Å². The fourth-order valence-electron chi connectivity index (χ4n) is 8.17. The summed E-state index contributed by atoms with van der Waals surface area (Å²) >= 11 is 0. The average molecular weight is 808 g/mol. The molecule has 0 aromatic rings. The predicted molar refractivity (Wildman–Crippen MR) is 246 cm³/mol. The number of hydrogen-bond donors (Lipinski definition) is 3. The van der Waals surface area contributed by atoms with Gasteiger partial charge in [-0.1, -0.05) is 251 Å². The van der Waals surface area contributed by atoms with E-state index >= 15 is 0 Å². The van der Waals surface area contributed by atoms with Gasteiger partial charge in [-0.15, -0.1) is 0 Å². The molecule has 340 valence electrons. The Bertz CT molecular complexity index is 806. The van der Waals surface area contributed by atoms with Crippen molar-refractivity contribution < 1.29 is 24.5 Å². The van der Waals surface area contributed by atoms with Gasteiger partial charge in [0.15, 0.2) is 0 Å². The highest BCUT2D eigenvalue weighted by Crippen LogP contribution is 2.17. The van der Waals surface area contributed by atoms with Crippen LogP contribution in [0.15, 0.2) is 0 Å². The van der Waals surface area contributed by atoms with Crippen LogP contribution in [0.4, 0.5) is 0 Å². The van der Waals surface area contributed by atoms with Crippen LogP contribution in [-0.4, -0.2) is 47.4 Å². The van der Waals surface area contributed by atoms with Gasteiger partial charge in [-0.2, -0.15) is 0 Å². The lowest BCUT2D eigenvalue weighted by Gasteiger charge is -2.22. The van der Waals surface area contributed by atoms with Gasteiger partial charge in [-0.3, -0.25) is 9.59 Å². The van der Waals surface area contributed by atoms with Crippen molar-refractivity contribution in [3.63, 3.8) is 0 Å². The molecule has 0 saturated heterocycles. The van der Waals surface area contributed by atoms with Crippen molar-refractivity contribution in [2.75, 3.05) is 13.2 Å². The maximum atomic E-state index is 12.4. The third kappa shape index (κ3) is 44.2. The second-order valence-corrected chi connectivity index (χ2v) is 17.9. The Morgan fingerprint density at radius 3 is 1.07 bits per heavy atom. The van der Waals surface area contributed by atoms with E-state index in [0.717, 1.165) is 51.4 Å². The second kappa shape index (κ2) is 47.5. The molecule has 6 nitrogen and oxygen atoms in total. The van der Waals surface area contributed by atoms with Crippen molar-refractivity contribution in [3.8, 4) is 0 Å². The van der Waals surface area contributed by atoms with E-state index in [9.17, 15) is 19.8 Å². The molecule has 2 unspecified atom stereocenters. The monoisotopic (exact) mass is 808 g/mol. The maximum Gasteiger partial charge on any atom is 0.305 e. The molecule has 0 aliphatic carbocycles. The normalized spacial score (nSPS) is 12.6. The fourth-order valence-corrected chi connectivity index (χ4v) is 8.17. The largest absolute Gasteiger partial charge is 0.466 e. The van der Waals surface area contributed by atoms with Crippen molar-refractivity contribution >= 4 is 11.9 Å². The molecule has 2 atom stereocenters. The molecule has 0 heterocycles. The number of carbonyl (C=O) groups is 2. The standard InChI is InChI=1S/C51H101NO5/c1-3-5-7-9-11-13-15-16-17-20-24-27-31-35-39-43-49(54)48(47-53)52-50(55)44-40-36-32-28-25-21-18-19-22-26-30-34-38-42-46-57-51(56)45-41-37-33-29-23-14-12-10-8-6-4-2/h48-49,53-54H,3-47H2,1-2H3,(H,52,55). The average Bonchev–Trinajstić information content (AvgIpc) is 3.21. The van der Waals surface area contributed by atoms with Gasteiger partial charge in [-0.25, -0.2) is 0 Å². The number of nitrogens with one attached hydrogen (secondary N) is 1. The highest BCUT2D eigenvalue weighted by Gasteiger charge is 2.20. The number of carbonyl (C=O) groups excluding carboxylic acids is 2. The van der Waals surface area contributed by atoms with E-state index in [1.807, 2.05) is 0 Å². The quantitative estimate of drug-likeness (QED) is 0.0420. The molecular formula is C51H101NO5. The first-order valence-electron chi connectivity index (χ1n) is 25.8. The molecule has 0 aliphatic heterocycles. The van der Waals surface area contributed by atoms with Crippen LogP contribution in [0.25, 0.3) is 0 Å². The number of aliphatic hydroxyl groups is 2. The van der Waals surface area contributed by atoms with Gasteiger partial charge in [0.2, 0.25) is 5.91 Å². The van der Waals surface area contributed by atoms with Crippen LogP contribution < -0.4 is 5.32 Å². The second-order valence-electron chi connectivity index (χ2n) is 17.9. The van der Waals surface area contributed by atoms with Gasteiger partial charge in [0.25, 0.3) is 0 Å². The lowest BCUT2D eigenvalue weighted by atomic mass is 10.0. The predicted octanol–water partition coefficient (Wildman–Crippen LogP) is 15.2. The van der Waals surface area contributed by atoms with E-state index in [0.29, 0.717) is 25.9 Å². The number of unbranched alkanes of at least 4 members (excludes halogenated alkanes) is 37.